The lowest BCUT2D eigenvalue weighted by Crippen LogP contribution is -2.10. The van der Waals surface area contributed by atoms with Crippen molar-refractivity contribution in [2.75, 3.05) is 0 Å². The number of fused-ring (bicyclic) bond motifs is 2. The van der Waals surface area contributed by atoms with Crippen LogP contribution in [0.1, 0.15) is 29.6 Å². The molecule has 134 valence electrons. The second-order valence-electron chi connectivity index (χ2n) is 6.42. The first kappa shape index (κ1) is 16.7. The molecule has 6 N–H and O–H groups in total. The molecule has 2 aromatic heterocycles. The van der Waals surface area contributed by atoms with E-state index >= 15 is 0 Å². The van der Waals surface area contributed by atoms with Crippen LogP contribution in [0.25, 0.3) is 33.6 Å². The van der Waals surface area contributed by atoms with Crippen LogP contribution in [-0.2, 0) is 0 Å². The SMILES string of the molecule is C/C(=C\c1cc2cc(C(=N)N)ccc2o1)c1cc2cc(C(=N)N)ccc2o1. The van der Waals surface area contributed by atoms with Crippen molar-refractivity contribution < 1.29 is 8.83 Å². The fourth-order valence-corrected chi connectivity index (χ4v) is 2.99. The Morgan fingerprint density at radius 2 is 1.37 bits per heavy atom. The fraction of sp³-hybridized carbons (Fsp3) is 0.0476. The Labute approximate surface area is 155 Å². The van der Waals surface area contributed by atoms with Gasteiger partial charge in [0.2, 0.25) is 0 Å². The van der Waals surface area contributed by atoms with Gasteiger partial charge in [0.25, 0.3) is 0 Å². The summed E-state index contributed by atoms with van der Waals surface area (Å²) in [4.78, 5) is 0. The molecule has 0 aliphatic heterocycles. The van der Waals surface area contributed by atoms with E-state index in [0.717, 1.165) is 33.3 Å². The molecule has 0 aliphatic carbocycles. The third-order valence-corrected chi connectivity index (χ3v) is 4.42. The molecule has 6 heteroatoms. The minimum atomic E-state index is 0.0265. The molecule has 2 aromatic carbocycles. The Kier molecular flexibility index (Phi) is 3.81. The van der Waals surface area contributed by atoms with Crippen molar-refractivity contribution >= 4 is 45.3 Å². The van der Waals surface area contributed by atoms with Crippen molar-refractivity contribution in [3.05, 3.63) is 71.2 Å². The summed E-state index contributed by atoms with van der Waals surface area (Å²) in [6.07, 6.45) is 1.90. The summed E-state index contributed by atoms with van der Waals surface area (Å²) < 4.78 is 11.7. The summed E-state index contributed by atoms with van der Waals surface area (Å²) in [5, 5.41) is 16.9. The molecule has 0 amide bonds. The van der Waals surface area contributed by atoms with E-state index in [1.54, 1.807) is 12.1 Å². The number of allylic oxidation sites excluding steroid dienone is 1. The number of benzene rings is 2. The van der Waals surface area contributed by atoms with E-state index in [9.17, 15) is 0 Å². The van der Waals surface area contributed by atoms with E-state index in [1.807, 2.05) is 49.4 Å². The van der Waals surface area contributed by atoms with Gasteiger partial charge < -0.3 is 20.3 Å². The summed E-state index contributed by atoms with van der Waals surface area (Å²) in [5.41, 5.74) is 14.8. The van der Waals surface area contributed by atoms with Crippen LogP contribution in [0.4, 0.5) is 0 Å². The average molecular weight is 358 g/mol. The van der Waals surface area contributed by atoms with Crippen molar-refractivity contribution in [1.82, 2.24) is 0 Å². The highest BCUT2D eigenvalue weighted by Crippen LogP contribution is 2.28. The van der Waals surface area contributed by atoms with Gasteiger partial charge in [0.05, 0.1) is 0 Å². The van der Waals surface area contributed by atoms with E-state index in [4.69, 9.17) is 31.1 Å². The molecule has 27 heavy (non-hydrogen) atoms. The Bertz CT molecular complexity index is 1240. The van der Waals surface area contributed by atoms with Crippen LogP contribution in [-0.4, -0.2) is 11.7 Å². The number of nitrogen functional groups attached to an aromatic ring is 2. The van der Waals surface area contributed by atoms with Crippen molar-refractivity contribution in [3.8, 4) is 0 Å². The predicted molar refractivity (Wildman–Crippen MR) is 108 cm³/mol. The Hall–Kier alpha value is -3.80. The molecule has 2 heterocycles. The van der Waals surface area contributed by atoms with E-state index < -0.39 is 0 Å². The van der Waals surface area contributed by atoms with Gasteiger partial charge in [-0.3, -0.25) is 10.8 Å². The van der Waals surface area contributed by atoms with E-state index in [-0.39, 0.29) is 11.7 Å². The number of nitrogens with two attached hydrogens (primary N) is 2. The second-order valence-corrected chi connectivity index (χ2v) is 6.42. The maximum absolute atomic E-state index is 7.55. The molecule has 0 saturated carbocycles. The van der Waals surface area contributed by atoms with Gasteiger partial charge in [-0.05, 0) is 67.1 Å². The Balaban J connectivity index is 1.71. The fourth-order valence-electron chi connectivity index (χ4n) is 2.99. The van der Waals surface area contributed by atoms with Crippen LogP contribution < -0.4 is 11.5 Å². The summed E-state index contributed by atoms with van der Waals surface area (Å²) in [7, 11) is 0. The van der Waals surface area contributed by atoms with Crippen LogP contribution in [0.3, 0.4) is 0 Å². The summed E-state index contributed by atoms with van der Waals surface area (Å²) in [5.74, 6) is 1.46. The van der Waals surface area contributed by atoms with E-state index in [2.05, 4.69) is 0 Å². The molecule has 4 aromatic rings. The summed E-state index contributed by atoms with van der Waals surface area (Å²) in [6, 6.07) is 14.6. The van der Waals surface area contributed by atoms with Crippen molar-refractivity contribution in [3.63, 3.8) is 0 Å². The van der Waals surface area contributed by atoms with Gasteiger partial charge in [0.1, 0.15) is 34.4 Å². The molecular formula is C21H18N4O2. The van der Waals surface area contributed by atoms with Gasteiger partial charge in [-0.25, -0.2) is 0 Å². The van der Waals surface area contributed by atoms with Crippen LogP contribution in [0.15, 0.2) is 57.4 Å². The van der Waals surface area contributed by atoms with Crippen molar-refractivity contribution in [2.45, 2.75) is 6.92 Å². The van der Waals surface area contributed by atoms with Crippen LogP contribution in [0.2, 0.25) is 0 Å². The molecule has 6 nitrogen and oxygen atoms in total. The second kappa shape index (κ2) is 6.17. The molecule has 0 spiro atoms. The first-order chi connectivity index (χ1) is 12.9. The molecular weight excluding hydrogens is 340 g/mol. The lowest BCUT2D eigenvalue weighted by Gasteiger charge is -1.96. The van der Waals surface area contributed by atoms with Crippen molar-refractivity contribution in [1.29, 1.82) is 10.8 Å². The number of rotatable bonds is 4. The van der Waals surface area contributed by atoms with Crippen LogP contribution in [0, 0.1) is 10.8 Å². The highest BCUT2D eigenvalue weighted by molar-refractivity contribution is 6.00. The largest absolute Gasteiger partial charge is 0.457 e. The van der Waals surface area contributed by atoms with Crippen molar-refractivity contribution in [2.24, 2.45) is 11.5 Å². The molecule has 0 aliphatic rings. The quantitative estimate of drug-likeness (QED) is 0.320. The predicted octanol–water partition coefficient (Wildman–Crippen LogP) is 4.31. The van der Waals surface area contributed by atoms with Gasteiger partial charge in [-0.2, -0.15) is 0 Å². The molecule has 0 atom stereocenters. The van der Waals surface area contributed by atoms with E-state index in [0.29, 0.717) is 16.9 Å². The van der Waals surface area contributed by atoms with Gasteiger partial charge >= 0.3 is 0 Å². The van der Waals surface area contributed by atoms with E-state index in [1.165, 1.54) is 0 Å². The molecule has 4 rings (SSSR count). The van der Waals surface area contributed by atoms with Crippen LogP contribution >= 0.6 is 0 Å². The number of furan rings is 2. The third-order valence-electron chi connectivity index (χ3n) is 4.42. The molecule has 0 unspecified atom stereocenters. The maximum Gasteiger partial charge on any atom is 0.134 e. The molecule has 0 bridgehead atoms. The number of hydrogen-bond acceptors (Lipinski definition) is 4. The Morgan fingerprint density at radius 3 is 1.96 bits per heavy atom. The topological polar surface area (TPSA) is 126 Å². The summed E-state index contributed by atoms with van der Waals surface area (Å²) >= 11 is 0. The summed E-state index contributed by atoms with van der Waals surface area (Å²) in [6.45, 7) is 1.94. The van der Waals surface area contributed by atoms with Gasteiger partial charge in [0, 0.05) is 21.9 Å². The monoisotopic (exact) mass is 358 g/mol. The lowest BCUT2D eigenvalue weighted by molar-refractivity contribution is 0.595. The Morgan fingerprint density at radius 1 is 0.815 bits per heavy atom. The highest BCUT2D eigenvalue weighted by Gasteiger charge is 2.09. The lowest BCUT2D eigenvalue weighted by atomic mass is 10.1. The van der Waals surface area contributed by atoms with Gasteiger partial charge in [-0.15, -0.1) is 0 Å². The zero-order valence-corrected chi connectivity index (χ0v) is 14.7. The standard InChI is InChI=1S/C21H18N4O2/c1-11(19-10-15-8-13(21(24)25)3-5-18(15)27-19)6-16-9-14-7-12(20(22)23)2-4-17(14)26-16/h2-10H,1H3,(H3,22,23)(H3,24,25)/b11-6+. The zero-order chi connectivity index (χ0) is 19.1. The smallest absolute Gasteiger partial charge is 0.134 e. The maximum atomic E-state index is 7.55. The number of nitrogens with one attached hydrogen (secondary N) is 2. The molecule has 0 radical (unpaired) electrons. The molecule has 0 saturated heterocycles. The number of hydrogen-bond donors (Lipinski definition) is 4. The first-order valence-electron chi connectivity index (χ1n) is 8.35. The molecule has 0 fully saturated rings. The number of amidine groups is 2. The minimum Gasteiger partial charge on any atom is -0.457 e. The van der Waals surface area contributed by atoms with Crippen LogP contribution in [0.5, 0.6) is 0 Å². The zero-order valence-electron chi connectivity index (χ0n) is 14.7. The first-order valence-corrected chi connectivity index (χ1v) is 8.35. The minimum absolute atomic E-state index is 0.0265. The van der Waals surface area contributed by atoms with Gasteiger partial charge in [-0.1, -0.05) is 0 Å². The van der Waals surface area contributed by atoms with Gasteiger partial charge in [0.15, 0.2) is 0 Å². The normalized spacial score (nSPS) is 12.0. The highest BCUT2D eigenvalue weighted by atomic mass is 16.3. The average Bonchev–Trinajstić information content (AvgIpc) is 3.23. The third kappa shape index (κ3) is 3.08.